The Morgan fingerprint density at radius 3 is 2.86 bits per heavy atom. The van der Waals surface area contributed by atoms with Gasteiger partial charge in [-0.15, -0.1) is 0 Å². The maximum atomic E-state index is 11.4. The number of carbonyl (C=O) groups excluding carboxylic acids is 1. The molecular weight excluding hydrogens is 264 g/mol. The quantitative estimate of drug-likeness (QED) is 0.856. The summed E-state index contributed by atoms with van der Waals surface area (Å²) in [6.07, 6.45) is 5.76. The molecule has 0 saturated carbocycles. The Balaban J connectivity index is 2.11. The summed E-state index contributed by atoms with van der Waals surface area (Å²) >= 11 is 0. The first kappa shape index (κ1) is 15.0. The van der Waals surface area contributed by atoms with E-state index in [0.717, 1.165) is 29.2 Å². The van der Waals surface area contributed by atoms with E-state index in [2.05, 4.69) is 15.4 Å². The summed E-state index contributed by atoms with van der Waals surface area (Å²) in [7, 11) is 0. The van der Waals surface area contributed by atoms with Gasteiger partial charge in [0.15, 0.2) is 5.82 Å². The molecular formula is C16H20N4O. The zero-order chi connectivity index (χ0) is 15.2. The van der Waals surface area contributed by atoms with E-state index in [9.17, 15) is 4.79 Å². The van der Waals surface area contributed by atoms with Crippen LogP contribution in [0.3, 0.4) is 0 Å². The molecule has 2 heterocycles. The molecule has 110 valence electrons. The first-order chi connectivity index (χ1) is 10.1. The van der Waals surface area contributed by atoms with Gasteiger partial charge in [-0.25, -0.2) is 9.67 Å². The van der Waals surface area contributed by atoms with Crippen molar-refractivity contribution in [2.24, 2.45) is 0 Å². The Labute approximate surface area is 124 Å². The molecule has 1 N–H and O–H groups in total. The molecule has 0 atom stereocenters. The van der Waals surface area contributed by atoms with Gasteiger partial charge in [-0.1, -0.05) is 12.1 Å². The van der Waals surface area contributed by atoms with Crippen molar-refractivity contribution in [1.82, 2.24) is 20.1 Å². The number of nitrogens with one attached hydrogen (secondary N) is 1. The summed E-state index contributed by atoms with van der Waals surface area (Å²) in [4.78, 5) is 15.7. The monoisotopic (exact) mass is 284 g/mol. The van der Waals surface area contributed by atoms with Gasteiger partial charge in [0.2, 0.25) is 5.91 Å². The molecule has 0 bridgehead atoms. The van der Waals surface area contributed by atoms with E-state index >= 15 is 0 Å². The van der Waals surface area contributed by atoms with Crippen LogP contribution >= 0.6 is 0 Å². The number of allylic oxidation sites excluding steroid dienone is 1. The van der Waals surface area contributed by atoms with E-state index in [0.29, 0.717) is 6.54 Å². The average Bonchev–Trinajstić information content (AvgIpc) is 2.76. The van der Waals surface area contributed by atoms with Crippen molar-refractivity contribution in [3.8, 4) is 5.82 Å². The Morgan fingerprint density at radius 2 is 2.19 bits per heavy atom. The predicted octanol–water partition coefficient (Wildman–Crippen LogP) is 2.12. The highest BCUT2D eigenvalue weighted by Gasteiger charge is 2.13. The van der Waals surface area contributed by atoms with Gasteiger partial charge in [-0.05, 0) is 51.0 Å². The van der Waals surface area contributed by atoms with Gasteiger partial charge < -0.3 is 5.32 Å². The standard InChI is InChI=1S/C16H20N4O/c1-4-7-16(21)18-11-9-14-12(2)19-20(13(14)3)15-8-5-6-10-17-15/h4-8,10H,9,11H2,1-3H3,(H,18,21)/b7-4+. The van der Waals surface area contributed by atoms with Gasteiger partial charge in [0.1, 0.15) is 0 Å². The Hall–Kier alpha value is -2.43. The largest absolute Gasteiger partial charge is 0.352 e. The van der Waals surface area contributed by atoms with Crippen molar-refractivity contribution >= 4 is 5.91 Å². The van der Waals surface area contributed by atoms with Crippen LogP contribution in [-0.2, 0) is 11.2 Å². The second-order valence-electron chi connectivity index (χ2n) is 4.79. The number of amides is 1. The summed E-state index contributed by atoms with van der Waals surface area (Å²) in [5, 5.41) is 7.40. The van der Waals surface area contributed by atoms with Crippen molar-refractivity contribution in [3.63, 3.8) is 0 Å². The zero-order valence-electron chi connectivity index (χ0n) is 12.6. The Kier molecular flexibility index (Phi) is 4.87. The van der Waals surface area contributed by atoms with E-state index in [1.54, 1.807) is 12.3 Å². The van der Waals surface area contributed by atoms with Crippen LogP contribution < -0.4 is 5.32 Å². The van der Waals surface area contributed by atoms with Crippen molar-refractivity contribution in [1.29, 1.82) is 0 Å². The fourth-order valence-electron chi connectivity index (χ4n) is 2.26. The molecule has 5 heteroatoms. The molecule has 2 aromatic heterocycles. The van der Waals surface area contributed by atoms with Gasteiger partial charge >= 0.3 is 0 Å². The SMILES string of the molecule is C/C=C/C(=O)NCCc1c(C)nn(-c2ccccn2)c1C. The number of aromatic nitrogens is 3. The molecule has 2 rings (SSSR count). The smallest absolute Gasteiger partial charge is 0.243 e. The second kappa shape index (κ2) is 6.83. The first-order valence-electron chi connectivity index (χ1n) is 7.00. The number of hydrogen-bond donors (Lipinski definition) is 1. The van der Waals surface area contributed by atoms with Gasteiger partial charge in [0, 0.05) is 18.4 Å². The highest BCUT2D eigenvalue weighted by atomic mass is 16.1. The van der Waals surface area contributed by atoms with E-state index in [4.69, 9.17) is 0 Å². The maximum Gasteiger partial charge on any atom is 0.243 e. The van der Waals surface area contributed by atoms with Gasteiger partial charge in [0.05, 0.1) is 5.69 Å². The summed E-state index contributed by atoms with van der Waals surface area (Å²) in [6.45, 7) is 6.43. The number of hydrogen-bond acceptors (Lipinski definition) is 3. The summed E-state index contributed by atoms with van der Waals surface area (Å²) in [5.74, 6) is 0.743. The van der Waals surface area contributed by atoms with Crippen LogP contribution in [0.5, 0.6) is 0 Å². The third-order valence-corrected chi connectivity index (χ3v) is 3.30. The third-order valence-electron chi connectivity index (χ3n) is 3.30. The van der Waals surface area contributed by atoms with E-state index in [1.165, 1.54) is 6.08 Å². The zero-order valence-corrected chi connectivity index (χ0v) is 12.6. The lowest BCUT2D eigenvalue weighted by Crippen LogP contribution is -2.23. The lowest BCUT2D eigenvalue weighted by Gasteiger charge is -2.05. The van der Waals surface area contributed by atoms with Crippen molar-refractivity contribution in [3.05, 3.63) is 53.5 Å². The van der Waals surface area contributed by atoms with Crippen molar-refractivity contribution in [2.75, 3.05) is 6.54 Å². The summed E-state index contributed by atoms with van der Waals surface area (Å²) < 4.78 is 1.85. The molecule has 0 aliphatic rings. The minimum atomic E-state index is -0.0649. The van der Waals surface area contributed by atoms with Crippen molar-refractivity contribution in [2.45, 2.75) is 27.2 Å². The summed E-state index contributed by atoms with van der Waals surface area (Å²) in [6, 6.07) is 5.75. The van der Waals surface area contributed by atoms with Crippen LogP contribution in [0.15, 0.2) is 36.5 Å². The van der Waals surface area contributed by atoms with E-state index in [1.807, 2.05) is 43.7 Å². The number of nitrogens with zero attached hydrogens (tertiary/aromatic N) is 3. The van der Waals surface area contributed by atoms with Crippen molar-refractivity contribution < 1.29 is 4.79 Å². The Morgan fingerprint density at radius 1 is 1.38 bits per heavy atom. The molecule has 0 aromatic carbocycles. The predicted molar refractivity (Wildman–Crippen MR) is 82.4 cm³/mol. The molecule has 1 amide bonds. The lowest BCUT2D eigenvalue weighted by atomic mass is 10.1. The molecule has 0 unspecified atom stereocenters. The second-order valence-corrected chi connectivity index (χ2v) is 4.79. The molecule has 0 aliphatic heterocycles. The van der Waals surface area contributed by atoms with Gasteiger partial charge in [-0.3, -0.25) is 4.79 Å². The highest BCUT2D eigenvalue weighted by molar-refractivity contribution is 5.87. The van der Waals surface area contributed by atoms with Crippen LogP contribution in [0.25, 0.3) is 5.82 Å². The minimum Gasteiger partial charge on any atom is -0.352 e. The van der Waals surface area contributed by atoms with Crippen LogP contribution in [-0.4, -0.2) is 27.2 Å². The van der Waals surface area contributed by atoms with Gasteiger partial charge in [-0.2, -0.15) is 5.10 Å². The molecule has 2 aromatic rings. The number of rotatable bonds is 5. The topological polar surface area (TPSA) is 59.8 Å². The van der Waals surface area contributed by atoms with Gasteiger partial charge in [0.25, 0.3) is 0 Å². The number of pyridine rings is 1. The molecule has 0 aliphatic carbocycles. The molecule has 0 radical (unpaired) electrons. The molecule has 5 nitrogen and oxygen atoms in total. The highest BCUT2D eigenvalue weighted by Crippen LogP contribution is 2.16. The molecule has 21 heavy (non-hydrogen) atoms. The fourth-order valence-corrected chi connectivity index (χ4v) is 2.26. The number of aryl methyl sites for hydroxylation is 1. The fraction of sp³-hybridized carbons (Fsp3) is 0.312. The van der Waals surface area contributed by atoms with Crippen LogP contribution in [0.1, 0.15) is 23.9 Å². The molecule has 0 saturated heterocycles. The Bertz CT molecular complexity index is 644. The lowest BCUT2D eigenvalue weighted by molar-refractivity contribution is -0.116. The first-order valence-corrected chi connectivity index (χ1v) is 7.00. The molecule has 0 fully saturated rings. The number of carbonyl (C=O) groups is 1. The van der Waals surface area contributed by atoms with E-state index < -0.39 is 0 Å². The van der Waals surface area contributed by atoms with E-state index in [-0.39, 0.29) is 5.91 Å². The maximum absolute atomic E-state index is 11.4. The minimum absolute atomic E-state index is 0.0649. The molecule has 0 spiro atoms. The summed E-state index contributed by atoms with van der Waals surface area (Å²) in [5.41, 5.74) is 3.19. The normalized spacial score (nSPS) is 11.0. The van der Waals surface area contributed by atoms with Crippen LogP contribution in [0.4, 0.5) is 0 Å². The third kappa shape index (κ3) is 3.56. The van der Waals surface area contributed by atoms with Crippen LogP contribution in [0, 0.1) is 13.8 Å². The average molecular weight is 284 g/mol. The van der Waals surface area contributed by atoms with Crippen LogP contribution in [0.2, 0.25) is 0 Å².